The fraction of sp³-hybridized carbons (Fsp3) is 0.304. The predicted octanol–water partition coefficient (Wildman–Crippen LogP) is 8.53. The maximum atomic E-state index is 14.9. The summed E-state index contributed by atoms with van der Waals surface area (Å²) in [6, 6.07) is 4.86. The molecule has 1 amide bonds. The Morgan fingerprint density at radius 2 is 1.45 bits per heavy atom. The Labute approximate surface area is 225 Å². The summed E-state index contributed by atoms with van der Waals surface area (Å²) in [5, 5.41) is 1.46. The van der Waals surface area contributed by atoms with E-state index in [-0.39, 0.29) is 21.1 Å². The summed E-state index contributed by atoms with van der Waals surface area (Å²) in [6.07, 6.45) is -16.7. The van der Waals surface area contributed by atoms with Gasteiger partial charge >= 0.3 is 18.5 Å². The van der Waals surface area contributed by atoms with Crippen LogP contribution < -0.4 is 5.32 Å². The lowest BCUT2D eigenvalue weighted by Crippen LogP contribution is -2.33. The first-order valence-electron chi connectivity index (χ1n) is 10.3. The molecule has 15 heteroatoms. The minimum absolute atomic E-state index is 0.0934. The van der Waals surface area contributed by atoms with E-state index < -0.39 is 83.6 Å². The normalized spacial score (nSPS) is 13.8. The molecule has 0 aromatic heterocycles. The van der Waals surface area contributed by atoms with Crippen molar-refractivity contribution in [3.63, 3.8) is 0 Å². The first-order chi connectivity index (χ1) is 17.3. The van der Waals surface area contributed by atoms with Gasteiger partial charge in [0.25, 0.3) is 0 Å². The Bertz CT molecular complexity index is 1200. The fourth-order valence-electron chi connectivity index (χ4n) is 3.20. The van der Waals surface area contributed by atoms with Crippen LogP contribution in [0.1, 0.15) is 45.8 Å². The predicted molar refractivity (Wildman–Crippen MR) is 124 cm³/mol. The monoisotopic (exact) mass is 685 g/mol. The van der Waals surface area contributed by atoms with Crippen LogP contribution in [-0.2, 0) is 11.0 Å². The number of carbonyl (C=O) groups is 2. The molecule has 0 bridgehead atoms. The molecule has 2 aromatic rings. The summed E-state index contributed by atoms with van der Waals surface area (Å²) in [5.74, 6) is -6.73. The zero-order valence-electron chi connectivity index (χ0n) is 18.6. The second-order valence-corrected chi connectivity index (χ2v) is 9.64. The molecule has 0 spiro atoms. The summed E-state index contributed by atoms with van der Waals surface area (Å²) in [5.41, 5.74) is -4.03. The van der Waals surface area contributed by atoms with E-state index in [0.29, 0.717) is 12.1 Å². The molecule has 1 N–H and O–H groups in total. The van der Waals surface area contributed by atoms with Crippen molar-refractivity contribution in [1.82, 2.24) is 5.32 Å². The van der Waals surface area contributed by atoms with Crippen LogP contribution in [0.2, 0.25) is 0 Å². The molecule has 1 unspecified atom stereocenters. The van der Waals surface area contributed by atoms with E-state index in [9.17, 15) is 53.5 Å². The highest BCUT2D eigenvalue weighted by Crippen LogP contribution is 2.41. The van der Waals surface area contributed by atoms with Gasteiger partial charge in [0.1, 0.15) is 18.3 Å². The van der Waals surface area contributed by atoms with E-state index in [4.69, 9.17) is 0 Å². The van der Waals surface area contributed by atoms with Crippen LogP contribution in [0.3, 0.4) is 0 Å². The molecule has 208 valence electrons. The van der Waals surface area contributed by atoms with Gasteiger partial charge in [0.15, 0.2) is 5.78 Å². The molecule has 0 heterocycles. The Morgan fingerprint density at radius 3 is 1.95 bits per heavy atom. The lowest BCUT2D eigenvalue weighted by atomic mass is 9.94. The fourth-order valence-corrected chi connectivity index (χ4v) is 4.53. The van der Waals surface area contributed by atoms with E-state index in [2.05, 4.69) is 31.9 Å². The van der Waals surface area contributed by atoms with Gasteiger partial charge in [-0.3, -0.25) is 9.59 Å². The number of amides is 1. The molecule has 2 aromatic carbocycles. The highest BCUT2D eigenvalue weighted by atomic mass is 79.9. The number of carbonyl (C=O) groups excluding carboxylic acids is 2. The molecule has 0 radical (unpaired) electrons. The molecule has 0 aliphatic heterocycles. The van der Waals surface area contributed by atoms with Crippen LogP contribution in [0, 0.1) is 0 Å². The van der Waals surface area contributed by atoms with Crippen molar-refractivity contribution in [2.24, 2.45) is 0 Å². The number of benzene rings is 2. The molecule has 0 aliphatic carbocycles. The smallest absolute Gasteiger partial charge is 0.347 e. The van der Waals surface area contributed by atoms with Crippen LogP contribution in [0.15, 0.2) is 51.4 Å². The van der Waals surface area contributed by atoms with Gasteiger partial charge in [-0.15, -0.1) is 0 Å². The quantitative estimate of drug-likeness (QED) is 0.224. The second kappa shape index (κ2) is 12.2. The number of alkyl halides is 9. The van der Waals surface area contributed by atoms with Gasteiger partial charge in [-0.1, -0.05) is 44.0 Å². The Kier molecular flexibility index (Phi) is 10.2. The van der Waals surface area contributed by atoms with Gasteiger partial charge in [0.2, 0.25) is 5.91 Å². The molecule has 2 rings (SSSR count). The first-order valence-corrected chi connectivity index (χ1v) is 11.8. The maximum absolute atomic E-state index is 14.9. The third-order valence-corrected chi connectivity index (χ3v) is 5.79. The Hall–Kier alpha value is -2.42. The summed E-state index contributed by atoms with van der Waals surface area (Å²) in [6.45, 7) is -1.70. The Balaban J connectivity index is 2.39. The van der Waals surface area contributed by atoms with Crippen LogP contribution in [0.5, 0.6) is 0 Å². The summed E-state index contributed by atoms with van der Waals surface area (Å²) in [4.78, 5) is 23.7. The molecule has 0 aliphatic rings. The third kappa shape index (κ3) is 9.40. The molecule has 0 saturated heterocycles. The van der Waals surface area contributed by atoms with Crippen molar-refractivity contribution >= 4 is 49.4 Å². The van der Waals surface area contributed by atoms with Gasteiger partial charge in [-0.25, -0.2) is 4.39 Å². The SMILES string of the molecule is O=C(CCC(=O)c1ccc(/C(F)=C/C(c2cc(Br)cc(Br)c2)C(F)(F)F)cc1C(F)(F)F)NCC(F)(F)F. The zero-order chi connectivity index (χ0) is 29.1. The lowest BCUT2D eigenvalue weighted by molar-refractivity contribution is -0.140. The summed E-state index contributed by atoms with van der Waals surface area (Å²) in [7, 11) is 0. The first kappa shape index (κ1) is 31.8. The van der Waals surface area contributed by atoms with E-state index in [0.717, 1.165) is 12.1 Å². The number of hydrogen-bond donors (Lipinski definition) is 1. The van der Waals surface area contributed by atoms with Crippen molar-refractivity contribution in [1.29, 1.82) is 0 Å². The molecule has 1 atom stereocenters. The topological polar surface area (TPSA) is 46.2 Å². The molecular formula is C23H15Br2F10NO2. The zero-order valence-corrected chi connectivity index (χ0v) is 21.8. The third-order valence-electron chi connectivity index (χ3n) is 4.88. The van der Waals surface area contributed by atoms with Crippen molar-refractivity contribution in [3.05, 3.63) is 73.7 Å². The minimum atomic E-state index is -5.25. The van der Waals surface area contributed by atoms with Crippen LogP contribution in [0.4, 0.5) is 43.9 Å². The van der Waals surface area contributed by atoms with E-state index in [1.165, 1.54) is 11.4 Å². The summed E-state index contributed by atoms with van der Waals surface area (Å²) < 4.78 is 134. The van der Waals surface area contributed by atoms with E-state index in [1.54, 1.807) is 0 Å². The number of halogens is 12. The Morgan fingerprint density at radius 1 is 0.868 bits per heavy atom. The van der Waals surface area contributed by atoms with Gasteiger partial charge in [-0.05, 0) is 35.9 Å². The van der Waals surface area contributed by atoms with Gasteiger partial charge in [0.05, 0.1) is 5.56 Å². The maximum Gasteiger partial charge on any atom is 0.417 e. The summed E-state index contributed by atoms with van der Waals surface area (Å²) >= 11 is 6.01. The van der Waals surface area contributed by atoms with Crippen molar-refractivity contribution in [2.45, 2.75) is 37.3 Å². The van der Waals surface area contributed by atoms with E-state index >= 15 is 0 Å². The highest BCUT2D eigenvalue weighted by Gasteiger charge is 2.41. The number of ketones is 1. The molecular weight excluding hydrogens is 672 g/mol. The average Bonchev–Trinajstić information content (AvgIpc) is 2.76. The number of Topliss-reactive ketones (excluding diaryl/α,β-unsaturated/α-hetero) is 1. The van der Waals surface area contributed by atoms with Crippen molar-refractivity contribution in [3.8, 4) is 0 Å². The van der Waals surface area contributed by atoms with Crippen molar-refractivity contribution in [2.75, 3.05) is 6.54 Å². The lowest BCUT2D eigenvalue weighted by Gasteiger charge is -2.19. The van der Waals surface area contributed by atoms with Gasteiger partial charge < -0.3 is 5.32 Å². The molecule has 0 saturated carbocycles. The van der Waals surface area contributed by atoms with Crippen LogP contribution >= 0.6 is 31.9 Å². The number of allylic oxidation sites excluding steroid dienone is 1. The molecule has 0 fully saturated rings. The minimum Gasteiger partial charge on any atom is -0.347 e. The van der Waals surface area contributed by atoms with Crippen LogP contribution in [0.25, 0.3) is 5.83 Å². The number of rotatable bonds is 8. The number of nitrogens with one attached hydrogen (secondary N) is 1. The van der Waals surface area contributed by atoms with E-state index in [1.807, 2.05) is 0 Å². The molecule has 3 nitrogen and oxygen atoms in total. The standard InChI is InChI=1S/C23H15Br2F10NO2/c24-13-5-12(6-14(25)8-13)16(22(30,31)32)9-18(26)11-1-2-15(17(7-11)23(33,34)35)19(37)3-4-20(38)36-10-21(27,28)29/h1-2,5-9,16H,3-4,10H2,(H,36,38)/b18-9-. The van der Waals surface area contributed by atoms with Gasteiger partial charge in [0, 0.05) is 32.9 Å². The van der Waals surface area contributed by atoms with Gasteiger partial charge in [-0.2, -0.15) is 39.5 Å². The largest absolute Gasteiger partial charge is 0.417 e. The molecule has 38 heavy (non-hydrogen) atoms. The second-order valence-electron chi connectivity index (χ2n) is 7.81. The van der Waals surface area contributed by atoms with Crippen LogP contribution in [-0.4, -0.2) is 30.6 Å². The van der Waals surface area contributed by atoms with Crippen molar-refractivity contribution < 1.29 is 53.5 Å². The number of hydrogen-bond acceptors (Lipinski definition) is 2. The highest BCUT2D eigenvalue weighted by molar-refractivity contribution is 9.11. The average molecular weight is 687 g/mol.